The van der Waals surface area contributed by atoms with Gasteiger partial charge in [-0.2, -0.15) is 0 Å². The molecular formula is C10H28OSi3. The van der Waals surface area contributed by atoms with Crippen molar-refractivity contribution in [3.8, 4) is 0 Å². The molecule has 0 aliphatic rings. The minimum absolute atomic E-state index is 0.937. The van der Waals surface area contributed by atoms with Gasteiger partial charge in [-0.05, 0) is 17.9 Å². The van der Waals surface area contributed by atoms with E-state index in [4.69, 9.17) is 4.43 Å². The summed E-state index contributed by atoms with van der Waals surface area (Å²) in [6.07, 6.45) is 0. The highest BCUT2D eigenvalue weighted by Crippen LogP contribution is 2.40. The van der Waals surface area contributed by atoms with Crippen LogP contribution in [0.5, 0.6) is 0 Å². The fourth-order valence-corrected chi connectivity index (χ4v) is 31.5. The monoisotopic (exact) mass is 248 g/mol. The van der Waals surface area contributed by atoms with Gasteiger partial charge in [0.15, 0.2) is 8.32 Å². The first-order valence-corrected chi connectivity index (χ1v) is 15.6. The predicted molar refractivity (Wildman–Crippen MR) is 74.9 cm³/mol. The van der Waals surface area contributed by atoms with Gasteiger partial charge in [-0.3, -0.25) is 0 Å². The molecule has 0 unspecified atom stereocenters. The van der Waals surface area contributed by atoms with E-state index in [-0.39, 0.29) is 0 Å². The maximum absolute atomic E-state index is 5.86. The Morgan fingerprint density at radius 2 is 1.00 bits per heavy atom. The molecule has 0 saturated heterocycles. The molecule has 4 heteroatoms. The van der Waals surface area contributed by atoms with E-state index in [9.17, 15) is 0 Å². The van der Waals surface area contributed by atoms with Crippen LogP contribution >= 0.6 is 0 Å². The van der Waals surface area contributed by atoms with Crippen molar-refractivity contribution in [3.05, 3.63) is 0 Å². The Morgan fingerprint density at radius 3 is 1.07 bits per heavy atom. The average Bonchev–Trinajstić information content (AvgIpc) is 1.79. The molecule has 0 aliphatic heterocycles. The Labute approximate surface area is 93.4 Å². The first-order chi connectivity index (χ1) is 5.93. The van der Waals surface area contributed by atoms with Crippen LogP contribution in [0.2, 0.25) is 57.2 Å². The molecule has 0 rings (SSSR count). The second kappa shape index (κ2) is 4.23. The Morgan fingerprint density at radius 1 is 0.714 bits per heavy atom. The van der Waals surface area contributed by atoms with Gasteiger partial charge in [-0.15, -0.1) is 0 Å². The molecule has 0 heterocycles. The molecule has 0 bridgehead atoms. The zero-order valence-electron chi connectivity index (χ0n) is 11.5. The van der Waals surface area contributed by atoms with Gasteiger partial charge < -0.3 is 4.43 Å². The normalized spacial score (nSPS) is 15.0. The van der Waals surface area contributed by atoms with E-state index < -0.39 is 24.5 Å². The first-order valence-electron chi connectivity index (χ1n) is 5.48. The van der Waals surface area contributed by atoms with Crippen molar-refractivity contribution in [1.29, 1.82) is 0 Å². The van der Waals surface area contributed by atoms with E-state index in [1.54, 1.807) is 0 Å². The fourth-order valence-electron chi connectivity index (χ4n) is 3.50. The SMILES string of the molecule is CO[Si](C)(C)C([Si](C)(C)C)[Si](C)(C)C. The van der Waals surface area contributed by atoms with Gasteiger partial charge in [0.1, 0.15) is 0 Å². The minimum Gasteiger partial charge on any atom is -0.421 e. The molecular weight excluding hydrogens is 220 g/mol. The summed E-state index contributed by atoms with van der Waals surface area (Å²) in [5, 5.41) is 0. The summed E-state index contributed by atoms with van der Waals surface area (Å²) in [5.74, 6) is 0. The quantitative estimate of drug-likeness (QED) is 0.684. The molecule has 0 N–H and O–H groups in total. The van der Waals surface area contributed by atoms with Crippen LogP contribution in [-0.2, 0) is 4.43 Å². The highest BCUT2D eigenvalue weighted by molar-refractivity contribution is 7.10. The van der Waals surface area contributed by atoms with Crippen molar-refractivity contribution in [2.45, 2.75) is 57.2 Å². The van der Waals surface area contributed by atoms with Crippen LogP contribution in [0.4, 0.5) is 0 Å². The van der Waals surface area contributed by atoms with Crippen LogP contribution in [-0.4, -0.2) is 31.6 Å². The van der Waals surface area contributed by atoms with Gasteiger partial charge in [-0.25, -0.2) is 0 Å². The Hall–Kier alpha value is 0.611. The lowest BCUT2D eigenvalue weighted by Crippen LogP contribution is -2.57. The molecule has 0 spiro atoms. The van der Waals surface area contributed by atoms with Gasteiger partial charge in [0.2, 0.25) is 0 Å². The summed E-state index contributed by atoms with van der Waals surface area (Å²) in [7, 11) is -1.70. The molecule has 14 heavy (non-hydrogen) atoms. The maximum Gasteiger partial charge on any atom is 0.184 e. The lowest BCUT2D eigenvalue weighted by atomic mass is 11.7. The summed E-state index contributed by atoms with van der Waals surface area (Å²) >= 11 is 0. The third-order valence-corrected chi connectivity index (χ3v) is 23.4. The third kappa shape index (κ3) is 3.64. The minimum atomic E-state index is -1.45. The molecule has 0 saturated carbocycles. The highest BCUT2D eigenvalue weighted by Gasteiger charge is 2.48. The zero-order chi connectivity index (χ0) is 11.8. The average molecular weight is 249 g/mol. The molecule has 1 nitrogen and oxygen atoms in total. The number of hydrogen-bond donors (Lipinski definition) is 0. The van der Waals surface area contributed by atoms with E-state index >= 15 is 0 Å². The van der Waals surface area contributed by atoms with Crippen molar-refractivity contribution in [3.63, 3.8) is 0 Å². The molecule has 86 valence electrons. The van der Waals surface area contributed by atoms with Crippen LogP contribution in [0.25, 0.3) is 0 Å². The fraction of sp³-hybridized carbons (Fsp3) is 1.00. The largest absolute Gasteiger partial charge is 0.421 e. The molecule has 0 radical (unpaired) electrons. The summed E-state index contributed by atoms with van der Waals surface area (Å²) in [4.78, 5) is 0.937. The number of hydrogen-bond acceptors (Lipinski definition) is 1. The van der Waals surface area contributed by atoms with Crippen LogP contribution in [0.15, 0.2) is 0 Å². The predicted octanol–water partition coefficient (Wildman–Crippen LogP) is 3.96. The lowest BCUT2D eigenvalue weighted by Gasteiger charge is -2.46. The summed E-state index contributed by atoms with van der Waals surface area (Å²) in [6, 6.07) is 0. The van der Waals surface area contributed by atoms with E-state index in [2.05, 4.69) is 52.4 Å². The van der Waals surface area contributed by atoms with E-state index in [0.29, 0.717) is 0 Å². The van der Waals surface area contributed by atoms with Crippen molar-refractivity contribution < 1.29 is 4.43 Å². The summed E-state index contributed by atoms with van der Waals surface area (Å²) in [6.45, 7) is 19.8. The molecule has 0 aromatic carbocycles. The third-order valence-electron chi connectivity index (χ3n) is 2.95. The smallest absolute Gasteiger partial charge is 0.184 e. The Balaban J connectivity index is 5.14. The molecule has 0 aromatic heterocycles. The van der Waals surface area contributed by atoms with Gasteiger partial charge in [0, 0.05) is 23.3 Å². The second-order valence-corrected chi connectivity index (χ2v) is 23.5. The molecule has 0 amide bonds. The molecule has 0 fully saturated rings. The lowest BCUT2D eigenvalue weighted by molar-refractivity contribution is 0.405. The summed E-state index contributed by atoms with van der Waals surface area (Å²) in [5.41, 5.74) is 0. The molecule has 0 aliphatic carbocycles. The topological polar surface area (TPSA) is 9.23 Å². The van der Waals surface area contributed by atoms with E-state index in [0.717, 1.165) is 4.79 Å². The second-order valence-electron chi connectivity index (χ2n) is 6.97. The zero-order valence-corrected chi connectivity index (χ0v) is 14.5. The van der Waals surface area contributed by atoms with Gasteiger partial charge in [0.25, 0.3) is 0 Å². The first kappa shape index (κ1) is 14.6. The standard InChI is InChI=1S/C10H28OSi3/c1-11-14(8,9)10(12(2,3)4)13(5,6)7/h10H,1-9H3. The summed E-state index contributed by atoms with van der Waals surface area (Å²) < 4.78 is 5.86. The van der Waals surface area contributed by atoms with Crippen LogP contribution in [0.3, 0.4) is 0 Å². The van der Waals surface area contributed by atoms with Crippen LogP contribution in [0, 0.1) is 0 Å². The van der Waals surface area contributed by atoms with Crippen molar-refractivity contribution in [2.75, 3.05) is 7.11 Å². The van der Waals surface area contributed by atoms with Crippen molar-refractivity contribution in [2.24, 2.45) is 0 Å². The Bertz CT molecular complexity index is 175. The Kier molecular flexibility index (Phi) is 4.42. The van der Waals surface area contributed by atoms with Crippen LogP contribution < -0.4 is 0 Å². The van der Waals surface area contributed by atoms with E-state index in [1.165, 1.54) is 0 Å². The number of rotatable bonds is 4. The van der Waals surface area contributed by atoms with Gasteiger partial charge in [0.05, 0.1) is 0 Å². The molecule has 0 atom stereocenters. The van der Waals surface area contributed by atoms with Crippen molar-refractivity contribution in [1.82, 2.24) is 0 Å². The highest BCUT2D eigenvalue weighted by atomic mass is 28.5. The molecule has 0 aromatic rings. The maximum atomic E-state index is 5.86. The van der Waals surface area contributed by atoms with Crippen molar-refractivity contribution >= 4 is 24.5 Å². The van der Waals surface area contributed by atoms with Gasteiger partial charge in [-0.1, -0.05) is 39.3 Å². The van der Waals surface area contributed by atoms with E-state index in [1.807, 2.05) is 7.11 Å². The van der Waals surface area contributed by atoms with Crippen LogP contribution in [0.1, 0.15) is 0 Å². The van der Waals surface area contributed by atoms with Gasteiger partial charge >= 0.3 is 0 Å².